The Kier molecular flexibility index (Phi) is 6.10. The number of nitrogens with one attached hydrogen (secondary N) is 1. The molecule has 0 radical (unpaired) electrons. The van der Waals surface area contributed by atoms with Crippen molar-refractivity contribution in [3.63, 3.8) is 0 Å². The lowest BCUT2D eigenvalue weighted by atomic mass is 10.2. The number of hydrogen-bond acceptors (Lipinski definition) is 3. The Morgan fingerprint density at radius 2 is 1.96 bits per heavy atom. The van der Waals surface area contributed by atoms with Crippen molar-refractivity contribution >= 4 is 39.1 Å². The van der Waals surface area contributed by atoms with Gasteiger partial charge in [0.15, 0.2) is 0 Å². The van der Waals surface area contributed by atoms with Crippen molar-refractivity contribution in [3.05, 3.63) is 58.6 Å². The number of nitriles is 1. The summed E-state index contributed by atoms with van der Waals surface area (Å²) in [5.74, 6) is -0.372. The topological polar surface area (TPSA) is 73.2 Å². The number of carbonyl (C=O) groups excluding carboxylic acids is 2. The van der Waals surface area contributed by atoms with Crippen molar-refractivity contribution in [1.29, 1.82) is 5.26 Å². The largest absolute Gasteiger partial charge is 0.325 e. The van der Waals surface area contributed by atoms with Gasteiger partial charge in [-0.15, -0.1) is 0 Å². The van der Waals surface area contributed by atoms with Crippen molar-refractivity contribution in [1.82, 2.24) is 0 Å². The third-order valence-corrected chi connectivity index (χ3v) is 4.07. The molecular weight excluding hydrogens is 370 g/mol. The molecule has 2 rings (SSSR count). The van der Waals surface area contributed by atoms with E-state index in [1.54, 1.807) is 30.3 Å². The lowest BCUT2D eigenvalue weighted by Gasteiger charge is -2.21. The summed E-state index contributed by atoms with van der Waals surface area (Å²) in [6, 6.07) is 16.1. The van der Waals surface area contributed by atoms with Crippen LogP contribution in [0.1, 0.15) is 18.9 Å². The first-order valence-corrected chi connectivity index (χ1v) is 8.13. The summed E-state index contributed by atoms with van der Waals surface area (Å²) >= 11 is 3.37. The zero-order valence-corrected chi connectivity index (χ0v) is 14.7. The van der Waals surface area contributed by atoms with Gasteiger partial charge in [-0.2, -0.15) is 5.26 Å². The van der Waals surface area contributed by atoms with Gasteiger partial charge in [-0.05, 0) is 46.3 Å². The van der Waals surface area contributed by atoms with Crippen molar-refractivity contribution in [2.75, 3.05) is 16.8 Å². The normalized spacial score (nSPS) is 9.88. The average Bonchev–Trinajstić information content (AvgIpc) is 2.57. The second kappa shape index (κ2) is 8.27. The fraction of sp³-hybridized carbons (Fsp3) is 0.167. The van der Waals surface area contributed by atoms with E-state index in [4.69, 9.17) is 5.26 Å². The van der Waals surface area contributed by atoms with Crippen LogP contribution in [0.4, 0.5) is 11.4 Å². The molecular formula is C18H16BrN3O2. The highest BCUT2D eigenvalue weighted by Gasteiger charge is 2.14. The van der Waals surface area contributed by atoms with E-state index in [0.29, 0.717) is 16.9 Å². The Morgan fingerprint density at radius 3 is 2.62 bits per heavy atom. The molecule has 24 heavy (non-hydrogen) atoms. The highest BCUT2D eigenvalue weighted by molar-refractivity contribution is 9.10. The van der Waals surface area contributed by atoms with Crippen LogP contribution in [-0.4, -0.2) is 18.4 Å². The molecule has 0 aliphatic rings. The summed E-state index contributed by atoms with van der Waals surface area (Å²) < 4.78 is 0.795. The van der Waals surface area contributed by atoms with Crippen molar-refractivity contribution < 1.29 is 9.59 Å². The van der Waals surface area contributed by atoms with E-state index in [1.165, 1.54) is 11.8 Å². The molecule has 0 saturated heterocycles. The summed E-state index contributed by atoms with van der Waals surface area (Å²) in [7, 11) is 0. The number of benzene rings is 2. The summed E-state index contributed by atoms with van der Waals surface area (Å²) in [4.78, 5) is 25.5. The maximum Gasteiger partial charge on any atom is 0.226 e. The molecule has 0 heterocycles. The molecule has 0 bridgehead atoms. The summed E-state index contributed by atoms with van der Waals surface area (Å²) in [5, 5.41) is 11.8. The summed E-state index contributed by atoms with van der Waals surface area (Å²) in [6.07, 6.45) is 0.150. The Labute approximate surface area is 149 Å². The fourth-order valence-electron chi connectivity index (χ4n) is 2.20. The van der Waals surface area contributed by atoms with Crippen LogP contribution >= 0.6 is 15.9 Å². The van der Waals surface area contributed by atoms with E-state index in [0.717, 1.165) is 4.47 Å². The third kappa shape index (κ3) is 4.67. The second-order valence-electron chi connectivity index (χ2n) is 5.11. The van der Waals surface area contributed by atoms with E-state index in [2.05, 4.69) is 21.2 Å². The van der Waals surface area contributed by atoms with Crippen molar-refractivity contribution in [2.45, 2.75) is 13.3 Å². The molecule has 2 amide bonds. The van der Waals surface area contributed by atoms with Crippen LogP contribution in [-0.2, 0) is 9.59 Å². The molecule has 2 aromatic rings. The molecule has 0 atom stereocenters. The van der Waals surface area contributed by atoms with Gasteiger partial charge < -0.3 is 10.2 Å². The zero-order chi connectivity index (χ0) is 17.5. The maximum atomic E-state index is 12.1. The molecule has 0 aromatic heterocycles. The molecule has 0 aliphatic heterocycles. The first-order valence-electron chi connectivity index (χ1n) is 7.34. The molecule has 122 valence electrons. The molecule has 0 spiro atoms. The molecule has 0 fully saturated rings. The smallest absolute Gasteiger partial charge is 0.226 e. The van der Waals surface area contributed by atoms with E-state index in [9.17, 15) is 9.59 Å². The van der Waals surface area contributed by atoms with Crippen LogP contribution < -0.4 is 10.2 Å². The van der Waals surface area contributed by atoms with Gasteiger partial charge >= 0.3 is 0 Å². The van der Waals surface area contributed by atoms with Gasteiger partial charge in [0.25, 0.3) is 0 Å². The number of nitrogens with zero attached hydrogens (tertiary/aromatic N) is 2. The maximum absolute atomic E-state index is 12.1. The van der Waals surface area contributed by atoms with E-state index < -0.39 is 0 Å². The van der Waals surface area contributed by atoms with Crippen LogP contribution in [0.25, 0.3) is 0 Å². The van der Waals surface area contributed by atoms with Crippen LogP contribution in [0.2, 0.25) is 0 Å². The van der Waals surface area contributed by atoms with E-state index in [1.807, 2.05) is 24.3 Å². The van der Waals surface area contributed by atoms with Gasteiger partial charge in [-0.1, -0.05) is 18.2 Å². The number of para-hydroxylation sites is 1. The first-order chi connectivity index (χ1) is 11.5. The van der Waals surface area contributed by atoms with Crippen LogP contribution in [0.5, 0.6) is 0 Å². The fourth-order valence-corrected chi connectivity index (χ4v) is 2.58. The predicted octanol–water partition coefficient (Wildman–Crippen LogP) is 3.70. The quantitative estimate of drug-likeness (QED) is 0.852. The van der Waals surface area contributed by atoms with Crippen LogP contribution in [0.15, 0.2) is 53.0 Å². The standard InChI is InChI=1S/C18H16BrN3O2/c1-13(23)22(15-6-4-5-14(11-15)12-20)10-9-18(24)21-17-8-3-2-7-16(17)19/h2-8,11H,9-10H2,1H3,(H,21,24). The van der Waals surface area contributed by atoms with Gasteiger partial charge in [-0.25, -0.2) is 0 Å². The molecule has 0 unspecified atom stereocenters. The minimum Gasteiger partial charge on any atom is -0.325 e. The second-order valence-corrected chi connectivity index (χ2v) is 5.97. The van der Waals surface area contributed by atoms with Crippen LogP contribution in [0.3, 0.4) is 0 Å². The molecule has 0 saturated carbocycles. The van der Waals surface area contributed by atoms with Gasteiger partial charge in [0.05, 0.1) is 17.3 Å². The minimum absolute atomic E-state index is 0.150. The lowest BCUT2D eigenvalue weighted by Crippen LogP contribution is -2.32. The number of anilines is 2. The van der Waals surface area contributed by atoms with E-state index in [-0.39, 0.29) is 24.8 Å². The van der Waals surface area contributed by atoms with E-state index >= 15 is 0 Å². The van der Waals surface area contributed by atoms with Crippen LogP contribution in [0, 0.1) is 11.3 Å². The SMILES string of the molecule is CC(=O)N(CCC(=O)Nc1ccccc1Br)c1cccc(C#N)c1. The number of rotatable bonds is 5. The average molecular weight is 386 g/mol. The van der Waals surface area contributed by atoms with Crippen molar-refractivity contribution in [3.8, 4) is 6.07 Å². The van der Waals surface area contributed by atoms with Gasteiger partial charge in [0.1, 0.15) is 0 Å². The van der Waals surface area contributed by atoms with Crippen molar-refractivity contribution in [2.24, 2.45) is 0 Å². The highest BCUT2D eigenvalue weighted by atomic mass is 79.9. The monoisotopic (exact) mass is 385 g/mol. The predicted molar refractivity (Wildman–Crippen MR) is 96.6 cm³/mol. The first kappa shape index (κ1) is 17.7. The number of hydrogen-bond donors (Lipinski definition) is 1. The van der Waals surface area contributed by atoms with Gasteiger partial charge in [0, 0.05) is 30.0 Å². The third-order valence-electron chi connectivity index (χ3n) is 3.38. The molecule has 5 nitrogen and oxygen atoms in total. The minimum atomic E-state index is -0.190. The zero-order valence-electron chi connectivity index (χ0n) is 13.1. The Hall–Kier alpha value is -2.65. The van der Waals surface area contributed by atoms with Gasteiger partial charge in [0.2, 0.25) is 11.8 Å². The molecule has 2 aromatic carbocycles. The molecule has 1 N–H and O–H groups in total. The number of carbonyl (C=O) groups is 2. The Bertz CT molecular complexity index is 799. The summed E-state index contributed by atoms with van der Waals surface area (Å²) in [5.41, 5.74) is 1.76. The molecule has 6 heteroatoms. The number of amides is 2. The van der Waals surface area contributed by atoms with Gasteiger partial charge in [-0.3, -0.25) is 9.59 Å². The summed E-state index contributed by atoms with van der Waals surface area (Å²) in [6.45, 7) is 1.67. The molecule has 0 aliphatic carbocycles. The Morgan fingerprint density at radius 1 is 1.21 bits per heavy atom. The highest BCUT2D eigenvalue weighted by Crippen LogP contribution is 2.21. The number of halogens is 1. The Balaban J connectivity index is 2.04. The lowest BCUT2D eigenvalue weighted by molar-refractivity contribution is -0.117.